The molecule has 0 aliphatic heterocycles. The van der Waals surface area contributed by atoms with Gasteiger partial charge in [-0.15, -0.1) is 0 Å². The summed E-state index contributed by atoms with van der Waals surface area (Å²) in [5.41, 5.74) is 0. The molecule has 0 saturated carbocycles. The average Bonchev–Trinajstić information content (AvgIpc) is 3.30. The minimum absolute atomic E-state index is 0.0916. The van der Waals surface area contributed by atoms with Crippen LogP contribution in [0.1, 0.15) is 252 Å². The molecule has 0 rings (SSSR count). The summed E-state index contributed by atoms with van der Waals surface area (Å²) in [4.78, 5) is 38.1. The molecule has 0 spiro atoms. The van der Waals surface area contributed by atoms with Crippen LogP contribution in [0, 0.1) is 0 Å². The quantitative estimate of drug-likeness (QED) is 0.0262. The summed E-state index contributed by atoms with van der Waals surface area (Å²) in [5.74, 6) is -0.926. The van der Waals surface area contributed by atoms with Crippen molar-refractivity contribution in [1.82, 2.24) is 0 Å². The van der Waals surface area contributed by atoms with Gasteiger partial charge in [-0.3, -0.25) is 14.4 Å². The fraction of sp³-hybridized carbons (Fsp3) is 0.712. The molecule has 0 heterocycles. The van der Waals surface area contributed by atoms with Crippen molar-refractivity contribution in [2.24, 2.45) is 0 Å². The molecule has 0 aliphatic rings. The minimum Gasteiger partial charge on any atom is -0.462 e. The molecule has 65 heavy (non-hydrogen) atoms. The smallest absolute Gasteiger partial charge is 0.306 e. The van der Waals surface area contributed by atoms with E-state index >= 15 is 0 Å². The van der Waals surface area contributed by atoms with Gasteiger partial charge in [-0.25, -0.2) is 0 Å². The van der Waals surface area contributed by atoms with Crippen LogP contribution < -0.4 is 0 Å². The molecule has 0 aromatic carbocycles. The summed E-state index contributed by atoms with van der Waals surface area (Å²) in [5, 5.41) is 0. The van der Waals surface area contributed by atoms with Gasteiger partial charge in [-0.2, -0.15) is 0 Å². The van der Waals surface area contributed by atoms with Gasteiger partial charge in [0.15, 0.2) is 6.10 Å². The number of carbonyl (C=O) groups excluding carboxylic acids is 3. The first-order valence-electron chi connectivity index (χ1n) is 27.1. The number of hydrogen-bond donors (Lipinski definition) is 0. The van der Waals surface area contributed by atoms with Crippen molar-refractivity contribution < 1.29 is 28.6 Å². The van der Waals surface area contributed by atoms with Crippen LogP contribution in [0.2, 0.25) is 0 Å². The monoisotopic (exact) mass is 905 g/mol. The molecule has 0 aliphatic carbocycles. The van der Waals surface area contributed by atoms with E-state index in [0.29, 0.717) is 19.3 Å². The van der Waals surface area contributed by atoms with Crippen molar-refractivity contribution in [2.75, 3.05) is 13.2 Å². The lowest BCUT2D eigenvalue weighted by atomic mass is 10.1. The molecule has 0 radical (unpaired) electrons. The highest BCUT2D eigenvalue weighted by Crippen LogP contribution is 2.14. The second-order valence-corrected chi connectivity index (χ2v) is 17.7. The van der Waals surface area contributed by atoms with Gasteiger partial charge in [0.1, 0.15) is 13.2 Å². The van der Waals surface area contributed by atoms with E-state index in [0.717, 1.165) is 128 Å². The summed E-state index contributed by atoms with van der Waals surface area (Å²) in [7, 11) is 0. The Balaban J connectivity index is 4.43. The zero-order valence-corrected chi connectivity index (χ0v) is 42.5. The van der Waals surface area contributed by atoms with Gasteiger partial charge in [0, 0.05) is 19.3 Å². The van der Waals surface area contributed by atoms with Crippen molar-refractivity contribution in [2.45, 2.75) is 258 Å². The molecule has 1 atom stereocenters. The zero-order valence-electron chi connectivity index (χ0n) is 42.5. The number of esters is 3. The molecule has 0 amide bonds. The van der Waals surface area contributed by atoms with E-state index < -0.39 is 6.10 Å². The highest BCUT2D eigenvalue weighted by molar-refractivity contribution is 5.71. The number of hydrogen-bond acceptors (Lipinski definition) is 6. The molecule has 0 N–H and O–H groups in total. The molecule has 0 saturated heterocycles. The molecular formula is C59H100O6. The maximum absolute atomic E-state index is 12.8. The normalized spacial score (nSPS) is 12.7. The largest absolute Gasteiger partial charge is 0.462 e. The first-order chi connectivity index (χ1) is 32.0. The van der Waals surface area contributed by atoms with E-state index in [1.807, 2.05) is 0 Å². The lowest BCUT2D eigenvalue weighted by Gasteiger charge is -2.18. The van der Waals surface area contributed by atoms with Crippen molar-refractivity contribution in [1.29, 1.82) is 0 Å². The topological polar surface area (TPSA) is 78.9 Å². The Morgan fingerprint density at radius 2 is 0.600 bits per heavy atom. The number of carbonyl (C=O) groups is 3. The van der Waals surface area contributed by atoms with Crippen molar-refractivity contribution in [3.05, 3.63) is 85.1 Å². The van der Waals surface area contributed by atoms with Gasteiger partial charge in [-0.05, 0) is 116 Å². The van der Waals surface area contributed by atoms with Crippen molar-refractivity contribution in [3.8, 4) is 0 Å². The van der Waals surface area contributed by atoms with E-state index in [2.05, 4.69) is 106 Å². The van der Waals surface area contributed by atoms with Gasteiger partial charge in [-0.1, -0.05) is 202 Å². The lowest BCUT2D eigenvalue weighted by Crippen LogP contribution is -2.30. The Labute approximate surface area is 401 Å². The summed E-state index contributed by atoms with van der Waals surface area (Å²) in [6.07, 6.45) is 68.5. The van der Waals surface area contributed by atoms with Crippen LogP contribution in [-0.2, 0) is 28.6 Å². The van der Waals surface area contributed by atoms with Crippen LogP contribution in [0.3, 0.4) is 0 Å². The first-order valence-corrected chi connectivity index (χ1v) is 27.1. The molecule has 0 bridgehead atoms. The fourth-order valence-electron chi connectivity index (χ4n) is 7.28. The van der Waals surface area contributed by atoms with Crippen LogP contribution in [0.4, 0.5) is 0 Å². The van der Waals surface area contributed by atoms with Crippen molar-refractivity contribution in [3.63, 3.8) is 0 Å². The van der Waals surface area contributed by atoms with E-state index in [9.17, 15) is 14.4 Å². The standard InChI is InChI=1S/C59H100O6/c1-4-7-10-13-16-19-22-25-27-28-29-30-32-34-37-40-43-46-49-52-58(61)64-55-56(54-63-57(60)51-48-45-42-39-36-33-24-21-18-15-12-9-6-3)65-59(62)53-50-47-44-41-38-35-31-26-23-20-17-14-11-8-5-2/h7,10,16-17,19-21,24-27,29-31,56H,4-6,8-9,11-15,18,22-23,28,32-55H2,1-3H3/b10-7-,19-16-,20-17-,24-21-,27-25-,30-29-,31-26-. The Morgan fingerprint density at radius 1 is 0.323 bits per heavy atom. The van der Waals surface area contributed by atoms with Gasteiger partial charge in [0.2, 0.25) is 0 Å². The van der Waals surface area contributed by atoms with Crippen molar-refractivity contribution >= 4 is 17.9 Å². The molecule has 1 unspecified atom stereocenters. The molecule has 0 fully saturated rings. The Hall–Kier alpha value is -3.41. The number of ether oxygens (including phenoxy) is 3. The third-order valence-corrected chi connectivity index (χ3v) is 11.4. The second kappa shape index (κ2) is 53.2. The molecule has 372 valence electrons. The predicted octanol–water partition coefficient (Wildman–Crippen LogP) is 18.0. The minimum atomic E-state index is -0.793. The van der Waals surface area contributed by atoms with Gasteiger partial charge in [0.25, 0.3) is 0 Å². The average molecular weight is 905 g/mol. The van der Waals surface area contributed by atoms with E-state index in [1.165, 1.54) is 83.5 Å². The molecule has 6 heteroatoms. The van der Waals surface area contributed by atoms with Crippen LogP contribution in [-0.4, -0.2) is 37.2 Å². The predicted molar refractivity (Wildman–Crippen MR) is 279 cm³/mol. The fourth-order valence-corrected chi connectivity index (χ4v) is 7.28. The number of unbranched alkanes of at least 4 members (excludes halogenated alkanes) is 23. The number of allylic oxidation sites excluding steroid dienone is 14. The third-order valence-electron chi connectivity index (χ3n) is 11.4. The van der Waals surface area contributed by atoms with Crippen LogP contribution in [0.5, 0.6) is 0 Å². The van der Waals surface area contributed by atoms with Crippen LogP contribution in [0.25, 0.3) is 0 Å². The summed E-state index contributed by atoms with van der Waals surface area (Å²) in [6.45, 7) is 6.45. The summed E-state index contributed by atoms with van der Waals surface area (Å²) in [6, 6.07) is 0. The van der Waals surface area contributed by atoms with Crippen LogP contribution in [0.15, 0.2) is 85.1 Å². The van der Waals surface area contributed by atoms with E-state index in [1.54, 1.807) is 0 Å². The lowest BCUT2D eigenvalue weighted by molar-refractivity contribution is -0.167. The summed E-state index contributed by atoms with van der Waals surface area (Å²) >= 11 is 0. The molecule has 0 aromatic rings. The third kappa shape index (κ3) is 51.4. The molecule has 6 nitrogen and oxygen atoms in total. The number of rotatable bonds is 48. The van der Waals surface area contributed by atoms with Gasteiger partial charge < -0.3 is 14.2 Å². The maximum atomic E-state index is 12.8. The van der Waals surface area contributed by atoms with E-state index in [4.69, 9.17) is 14.2 Å². The molecule has 0 aromatic heterocycles. The summed E-state index contributed by atoms with van der Waals surface area (Å²) < 4.78 is 16.8. The Kier molecular flexibility index (Phi) is 50.4. The molecular weight excluding hydrogens is 805 g/mol. The first kappa shape index (κ1) is 61.6. The SMILES string of the molecule is CC/C=C\C/C=C\C/C=C\C/C=C\CCCCCCCCC(=O)OCC(COC(=O)CCCCCCC/C=C\CCCCCC)OC(=O)CCCCCCC/C=C\C/C=C\CCCCC. The van der Waals surface area contributed by atoms with Gasteiger partial charge in [0.05, 0.1) is 0 Å². The highest BCUT2D eigenvalue weighted by atomic mass is 16.6. The van der Waals surface area contributed by atoms with Crippen LogP contribution >= 0.6 is 0 Å². The zero-order chi connectivity index (χ0) is 47.2. The maximum Gasteiger partial charge on any atom is 0.306 e. The second-order valence-electron chi connectivity index (χ2n) is 17.7. The Bertz CT molecular complexity index is 1270. The highest BCUT2D eigenvalue weighted by Gasteiger charge is 2.19. The van der Waals surface area contributed by atoms with Gasteiger partial charge >= 0.3 is 17.9 Å². The Morgan fingerprint density at radius 3 is 0.985 bits per heavy atom. The van der Waals surface area contributed by atoms with E-state index in [-0.39, 0.29) is 31.1 Å².